The summed E-state index contributed by atoms with van der Waals surface area (Å²) in [4.78, 5) is 14.2. The van der Waals surface area contributed by atoms with E-state index in [0.29, 0.717) is 6.61 Å². The second-order valence-corrected chi connectivity index (χ2v) is 4.43. The second-order valence-electron chi connectivity index (χ2n) is 4.43. The average molecular weight is 228 g/mol. The van der Waals surface area contributed by atoms with E-state index in [4.69, 9.17) is 4.74 Å². The largest absolute Gasteiger partial charge is 0.383 e. The van der Waals surface area contributed by atoms with Crippen molar-refractivity contribution in [1.29, 1.82) is 0 Å². The van der Waals surface area contributed by atoms with Crippen molar-refractivity contribution < 1.29 is 9.53 Å². The van der Waals surface area contributed by atoms with Crippen LogP contribution in [0.25, 0.3) is 0 Å². The van der Waals surface area contributed by atoms with Crippen LogP contribution in [0.15, 0.2) is 0 Å². The van der Waals surface area contributed by atoms with Crippen LogP contribution < -0.4 is 5.32 Å². The summed E-state index contributed by atoms with van der Waals surface area (Å²) >= 11 is 0. The van der Waals surface area contributed by atoms with E-state index in [1.54, 1.807) is 7.11 Å². The minimum Gasteiger partial charge on any atom is -0.383 e. The van der Waals surface area contributed by atoms with E-state index in [1.807, 2.05) is 18.7 Å². The van der Waals surface area contributed by atoms with E-state index in [1.165, 1.54) is 6.42 Å². The molecule has 1 N–H and O–H groups in total. The van der Waals surface area contributed by atoms with Gasteiger partial charge in [0.25, 0.3) is 0 Å². The highest BCUT2D eigenvalue weighted by Gasteiger charge is 2.27. The lowest BCUT2D eigenvalue weighted by atomic mass is 10.0. The van der Waals surface area contributed by atoms with E-state index in [0.717, 1.165) is 25.9 Å². The van der Waals surface area contributed by atoms with Gasteiger partial charge >= 0.3 is 0 Å². The van der Waals surface area contributed by atoms with Gasteiger partial charge in [0.1, 0.15) is 0 Å². The van der Waals surface area contributed by atoms with Crippen LogP contribution in [0.1, 0.15) is 33.1 Å². The molecule has 1 aliphatic rings. The van der Waals surface area contributed by atoms with E-state index in [9.17, 15) is 4.79 Å². The first kappa shape index (κ1) is 13.5. The SMILES string of the molecule is CCN(C(=O)C1CCCCN1)C(C)COC. The summed E-state index contributed by atoms with van der Waals surface area (Å²) in [6.45, 7) is 6.38. The Labute approximate surface area is 98.3 Å². The zero-order valence-corrected chi connectivity index (χ0v) is 10.7. The fraction of sp³-hybridized carbons (Fsp3) is 0.917. The number of piperidine rings is 1. The zero-order chi connectivity index (χ0) is 12.0. The van der Waals surface area contributed by atoms with Crippen molar-refractivity contribution in [2.45, 2.75) is 45.2 Å². The molecular formula is C12H24N2O2. The number of methoxy groups -OCH3 is 1. The Bertz CT molecular complexity index is 215. The lowest BCUT2D eigenvalue weighted by Crippen LogP contribution is -2.52. The summed E-state index contributed by atoms with van der Waals surface area (Å²) in [6.07, 6.45) is 3.30. The predicted octanol–water partition coefficient (Wildman–Crippen LogP) is 1.01. The number of hydrogen-bond acceptors (Lipinski definition) is 3. The molecule has 1 rings (SSSR count). The third kappa shape index (κ3) is 3.46. The van der Waals surface area contributed by atoms with Gasteiger partial charge < -0.3 is 15.0 Å². The third-order valence-corrected chi connectivity index (χ3v) is 3.17. The Morgan fingerprint density at radius 3 is 2.81 bits per heavy atom. The molecule has 2 atom stereocenters. The Balaban J connectivity index is 2.53. The van der Waals surface area contributed by atoms with E-state index in [2.05, 4.69) is 5.32 Å². The monoisotopic (exact) mass is 228 g/mol. The Morgan fingerprint density at radius 2 is 2.31 bits per heavy atom. The van der Waals surface area contributed by atoms with E-state index < -0.39 is 0 Å². The molecule has 0 spiro atoms. The number of amides is 1. The summed E-state index contributed by atoms with van der Waals surface area (Å²) in [6, 6.07) is 0.180. The maximum atomic E-state index is 12.3. The molecule has 4 heteroatoms. The minimum absolute atomic E-state index is 0.0213. The molecule has 2 unspecified atom stereocenters. The number of ether oxygens (including phenoxy) is 1. The van der Waals surface area contributed by atoms with Crippen LogP contribution in [-0.4, -0.2) is 49.7 Å². The normalized spacial score (nSPS) is 22.8. The predicted molar refractivity (Wildman–Crippen MR) is 64.4 cm³/mol. The maximum absolute atomic E-state index is 12.3. The number of carbonyl (C=O) groups excluding carboxylic acids is 1. The van der Waals surface area contributed by atoms with Crippen LogP contribution >= 0.6 is 0 Å². The van der Waals surface area contributed by atoms with Crippen LogP contribution in [0.4, 0.5) is 0 Å². The molecule has 94 valence electrons. The highest BCUT2D eigenvalue weighted by atomic mass is 16.5. The van der Waals surface area contributed by atoms with Crippen molar-refractivity contribution in [3.8, 4) is 0 Å². The standard InChI is InChI=1S/C12H24N2O2/c1-4-14(10(2)9-16-3)12(15)11-7-5-6-8-13-11/h10-11,13H,4-9H2,1-3H3. The van der Waals surface area contributed by atoms with Gasteiger partial charge in [-0.15, -0.1) is 0 Å². The molecule has 1 aliphatic heterocycles. The molecule has 0 radical (unpaired) electrons. The van der Waals surface area contributed by atoms with Crippen molar-refractivity contribution in [3.63, 3.8) is 0 Å². The molecule has 0 aliphatic carbocycles. The molecule has 1 amide bonds. The van der Waals surface area contributed by atoms with E-state index >= 15 is 0 Å². The van der Waals surface area contributed by atoms with Gasteiger partial charge in [0.05, 0.1) is 18.7 Å². The summed E-state index contributed by atoms with van der Waals surface area (Å²) in [7, 11) is 1.67. The lowest BCUT2D eigenvalue weighted by Gasteiger charge is -2.33. The first-order chi connectivity index (χ1) is 7.70. The molecular weight excluding hydrogens is 204 g/mol. The number of nitrogens with zero attached hydrogens (tertiary/aromatic N) is 1. The van der Waals surface area contributed by atoms with Gasteiger partial charge in [0.2, 0.25) is 5.91 Å². The zero-order valence-electron chi connectivity index (χ0n) is 10.7. The molecule has 0 aromatic carbocycles. The van der Waals surface area contributed by atoms with Crippen LogP contribution in [0.2, 0.25) is 0 Å². The molecule has 0 bridgehead atoms. The molecule has 1 heterocycles. The summed E-state index contributed by atoms with van der Waals surface area (Å²) in [5, 5.41) is 3.30. The van der Waals surface area contributed by atoms with Crippen LogP contribution in [0.5, 0.6) is 0 Å². The lowest BCUT2D eigenvalue weighted by molar-refractivity contribution is -0.136. The molecule has 1 fully saturated rings. The number of rotatable bonds is 5. The number of carbonyl (C=O) groups is 1. The van der Waals surface area contributed by atoms with Crippen LogP contribution in [0, 0.1) is 0 Å². The molecule has 0 saturated carbocycles. The van der Waals surface area contributed by atoms with Crippen molar-refractivity contribution in [1.82, 2.24) is 10.2 Å². The molecule has 1 saturated heterocycles. The van der Waals surface area contributed by atoms with E-state index in [-0.39, 0.29) is 18.0 Å². The average Bonchev–Trinajstić information content (AvgIpc) is 2.31. The summed E-state index contributed by atoms with van der Waals surface area (Å²) < 4.78 is 5.11. The minimum atomic E-state index is 0.0213. The Kier molecular flexibility index (Phi) is 5.77. The van der Waals surface area contributed by atoms with Crippen molar-refractivity contribution in [2.24, 2.45) is 0 Å². The first-order valence-corrected chi connectivity index (χ1v) is 6.23. The fourth-order valence-corrected chi connectivity index (χ4v) is 2.28. The highest BCUT2D eigenvalue weighted by molar-refractivity contribution is 5.82. The maximum Gasteiger partial charge on any atom is 0.240 e. The van der Waals surface area contributed by atoms with Crippen molar-refractivity contribution >= 4 is 5.91 Å². The topological polar surface area (TPSA) is 41.6 Å². The third-order valence-electron chi connectivity index (χ3n) is 3.17. The number of likely N-dealkylation sites (N-methyl/N-ethyl adjacent to an activating group) is 1. The van der Waals surface area contributed by atoms with Crippen molar-refractivity contribution in [2.75, 3.05) is 26.8 Å². The second kappa shape index (κ2) is 6.86. The van der Waals surface area contributed by atoms with Gasteiger partial charge in [-0.1, -0.05) is 6.42 Å². The van der Waals surface area contributed by atoms with Crippen molar-refractivity contribution in [3.05, 3.63) is 0 Å². The summed E-state index contributed by atoms with van der Waals surface area (Å²) in [5.74, 6) is 0.228. The molecule has 4 nitrogen and oxygen atoms in total. The van der Waals surface area contributed by atoms with Gasteiger partial charge in [-0.2, -0.15) is 0 Å². The summed E-state index contributed by atoms with van der Waals surface area (Å²) in [5.41, 5.74) is 0. The molecule has 0 aromatic rings. The van der Waals surface area contributed by atoms with Gasteiger partial charge in [-0.3, -0.25) is 4.79 Å². The molecule has 16 heavy (non-hydrogen) atoms. The Hall–Kier alpha value is -0.610. The van der Waals surface area contributed by atoms with Crippen LogP contribution in [0.3, 0.4) is 0 Å². The Morgan fingerprint density at radius 1 is 1.56 bits per heavy atom. The van der Waals surface area contributed by atoms with Gasteiger partial charge in [-0.25, -0.2) is 0 Å². The quantitative estimate of drug-likeness (QED) is 0.763. The fourth-order valence-electron chi connectivity index (χ4n) is 2.28. The smallest absolute Gasteiger partial charge is 0.240 e. The van der Waals surface area contributed by atoms with Gasteiger partial charge in [-0.05, 0) is 33.2 Å². The first-order valence-electron chi connectivity index (χ1n) is 6.23. The number of nitrogens with one attached hydrogen (secondary N) is 1. The number of hydrogen-bond donors (Lipinski definition) is 1. The molecule has 0 aromatic heterocycles. The highest BCUT2D eigenvalue weighted by Crippen LogP contribution is 2.11. The van der Waals surface area contributed by atoms with Gasteiger partial charge in [0.15, 0.2) is 0 Å². The van der Waals surface area contributed by atoms with Crippen LogP contribution in [-0.2, 0) is 9.53 Å². The van der Waals surface area contributed by atoms with Gasteiger partial charge in [0, 0.05) is 13.7 Å².